The smallest absolute Gasteiger partial charge is 0.310 e. The molecule has 0 radical (unpaired) electrons. The molecule has 0 aliphatic carbocycles. The number of likely N-dealkylation sites (tertiary alicyclic amines) is 1. The van der Waals surface area contributed by atoms with Gasteiger partial charge in [0.1, 0.15) is 5.67 Å². The fourth-order valence-electron chi connectivity index (χ4n) is 4.54. The minimum atomic E-state index is -1.42. The molecule has 2 atom stereocenters. The molecule has 1 aliphatic heterocycles. The van der Waals surface area contributed by atoms with Gasteiger partial charge < -0.3 is 5.11 Å². The van der Waals surface area contributed by atoms with E-state index in [-0.39, 0.29) is 5.92 Å². The van der Waals surface area contributed by atoms with E-state index in [2.05, 4.69) is 14.9 Å². The normalized spacial score (nSPS) is 23.4. The van der Waals surface area contributed by atoms with Gasteiger partial charge in [0, 0.05) is 25.6 Å². The van der Waals surface area contributed by atoms with Crippen LogP contribution in [0.3, 0.4) is 0 Å². The molecule has 1 aromatic heterocycles. The van der Waals surface area contributed by atoms with Gasteiger partial charge in [-0.3, -0.25) is 9.69 Å². The number of hydrogen-bond acceptors (Lipinski definition) is 4. The number of alkyl halides is 1. The van der Waals surface area contributed by atoms with E-state index in [4.69, 9.17) is 0 Å². The van der Waals surface area contributed by atoms with Crippen molar-refractivity contribution in [1.29, 1.82) is 0 Å². The lowest BCUT2D eigenvalue weighted by atomic mass is 9.69. The molecule has 0 spiro atoms. The van der Waals surface area contributed by atoms with E-state index >= 15 is 0 Å². The third kappa shape index (κ3) is 4.58. The second-order valence-corrected chi connectivity index (χ2v) is 9.19. The molecule has 1 saturated heterocycles. The minimum absolute atomic E-state index is 0.316. The van der Waals surface area contributed by atoms with Crippen molar-refractivity contribution in [2.45, 2.75) is 66.1 Å². The van der Waals surface area contributed by atoms with Crippen LogP contribution in [-0.2, 0) is 11.3 Å². The molecule has 0 unspecified atom stereocenters. The van der Waals surface area contributed by atoms with Crippen molar-refractivity contribution in [3.63, 3.8) is 0 Å². The van der Waals surface area contributed by atoms with Crippen LogP contribution in [0.2, 0.25) is 0 Å². The lowest BCUT2D eigenvalue weighted by Crippen LogP contribution is -2.54. The maximum absolute atomic E-state index is 14.9. The number of rotatable bonds is 6. The molecule has 1 aliphatic rings. The number of hydrogen-bond donors (Lipinski definition) is 1. The van der Waals surface area contributed by atoms with Crippen LogP contribution in [0.1, 0.15) is 57.0 Å². The van der Waals surface area contributed by atoms with Gasteiger partial charge in [-0.15, -0.1) is 0 Å². The zero-order valence-corrected chi connectivity index (χ0v) is 18.1. The lowest BCUT2D eigenvalue weighted by molar-refractivity contribution is -0.157. The number of benzene rings is 1. The Labute approximate surface area is 172 Å². The summed E-state index contributed by atoms with van der Waals surface area (Å²) >= 11 is 0. The van der Waals surface area contributed by atoms with Crippen LogP contribution < -0.4 is 0 Å². The number of nitrogens with zero attached hydrogens (tertiary/aromatic N) is 3. The molecular weight excluding hydrogens is 369 g/mol. The van der Waals surface area contributed by atoms with E-state index in [1.54, 1.807) is 13.8 Å². The summed E-state index contributed by atoms with van der Waals surface area (Å²) in [4.78, 5) is 23.5. The van der Waals surface area contributed by atoms with Gasteiger partial charge in [0.05, 0.1) is 27.8 Å². The highest BCUT2D eigenvalue weighted by Gasteiger charge is 2.48. The van der Waals surface area contributed by atoms with Gasteiger partial charge in [-0.05, 0) is 58.2 Å². The zero-order valence-electron chi connectivity index (χ0n) is 18.1. The number of aryl methyl sites for hydroxylation is 2. The molecule has 0 bridgehead atoms. The number of halogens is 1. The molecule has 5 nitrogen and oxygen atoms in total. The Morgan fingerprint density at radius 1 is 1.28 bits per heavy atom. The second-order valence-electron chi connectivity index (χ2n) is 9.19. The Kier molecular flexibility index (Phi) is 5.95. The molecule has 29 heavy (non-hydrogen) atoms. The lowest BCUT2D eigenvalue weighted by Gasteiger charge is -2.46. The molecule has 2 heterocycles. The fourth-order valence-corrected chi connectivity index (χ4v) is 4.54. The van der Waals surface area contributed by atoms with Crippen LogP contribution in [0.4, 0.5) is 4.39 Å². The van der Waals surface area contributed by atoms with E-state index in [0.717, 1.165) is 34.4 Å². The highest BCUT2D eigenvalue weighted by Crippen LogP contribution is 2.43. The number of aliphatic carboxylic acids is 1. The first-order valence-electron chi connectivity index (χ1n) is 10.4. The number of carboxylic acid groups (broad SMARTS) is 1. The Balaban J connectivity index is 1.91. The van der Waals surface area contributed by atoms with Crippen LogP contribution in [0.5, 0.6) is 0 Å². The van der Waals surface area contributed by atoms with Crippen LogP contribution in [0.15, 0.2) is 18.2 Å². The number of carboxylic acids is 1. The largest absolute Gasteiger partial charge is 0.481 e. The number of aromatic nitrogens is 2. The topological polar surface area (TPSA) is 66.3 Å². The van der Waals surface area contributed by atoms with Gasteiger partial charge in [-0.25, -0.2) is 14.4 Å². The van der Waals surface area contributed by atoms with Crippen molar-refractivity contribution < 1.29 is 14.3 Å². The summed E-state index contributed by atoms with van der Waals surface area (Å²) in [7, 11) is 0. The van der Waals surface area contributed by atoms with E-state index in [9.17, 15) is 14.3 Å². The van der Waals surface area contributed by atoms with Crippen LogP contribution >= 0.6 is 0 Å². The van der Waals surface area contributed by atoms with Gasteiger partial charge in [-0.2, -0.15) is 0 Å². The maximum Gasteiger partial charge on any atom is 0.310 e. The average molecular weight is 402 g/mol. The molecule has 3 rings (SSSR count). The second kappa shape index (κ2) is 7.98. The third-order valence-electron chi connectivity index (χ3n) is 6.34. The zero-order chi connectivity index (χ0) is 21.4. The van der Waals surface area contributed by atoms with E-state index in [1.807, 2.05) is 39.0 Å². The first-order chi connectivity index (χ1) is 13.5. The summed E-state index contributed by atoms with van der Waals surface area (Å²) in [6, 6.07) is 5.99. The Morgan fingerprint density at radius 3 is 2.52 bits per heavy atom. The van der Waals surface area contributed by atoms with E-state index < -0.39 is 17.1 Å². The van der Waals surface area contributed by atoms with E-state index in [1.165, 1.54) is 0 Å². The molecule has 0 saturated carbocycles. The summed E-state index contributed by atoms with van der Waals surface area (Å²) in [5.41, 5.74) is 2.23. The Morgan fingerprint density at radius 2 is 1.93 bits per heavy atom. The van der Waals surface area contributed by atoms with Gasteiger partial charge in [0.2, 0.25) is 0 Å². The first kappa shape index (κ1) is 21.6. The van der Waals surface area contributed by atoms with Crippen molar-refractivity contribution in [2.75, 3.05) is 13.1 Å². The monoisotopic (exact) mass is 401 g/mol. The summed E-state index contributed by atoms with van der Waals surface area (Å²) in [5.74, 6) is -1.13. The summed E-state index contributed by atoms with van der Waals surface area (Å²) < 4.78 is 14.9. The number of fused-ring (bicyclic) bond motifs is 1. The van der Waals surface area contributed by atoms with Crippen LogP contribution in [-0.4, -0.2) is 44.7 Å². The number of carbonyl (C=O) groups is 1. The molecule has 2 aromatic rings. The van der Waals surface area contributed by atoms with Crippen molar-refractivity contribution >= 4 is 17.0 Å². The molecule has 1 N–H and O–H groups in total. The molecule has 6 heteroatoms. The first-order valence-corrected chi connectivity index (χ1v) is 10.4. The summed E-state index contributed by atoms with van der Waals surface area (Å²) in [5, 5.41) is 10.0. The van der Waals surface area contributed by atoms with Crippen LogP contribution in [0, 0.1) is 25.2 Å². The molecule has 1 aromatic carbocycles. The van der Waals surface area contributed by atoms with Gasteiger partial charge in [0.15, 0.2) is 0 Å². The van der Waals surface area contributed by atoms with Gasteiger partial charge in [-0.1, -0.05) is 19.4 Å². The van der Waals surface area contributed by atoms with Gasteiger partial charge in [0.25, 0.3) is 0 Å². The SMILES string of the molecule is CCC[C@@]1(C(=O)O)C[C@@H](C(C)(C)F)CN(Cc2ccc3nc(C)c(C)nc3c2)C1. The van der Waals surface area contributed by atoms with Crippen molar-refractivity contribution in [2.24, 2.45) is 11.3 Å². The highest BCUT2D eigenvalue weighted by atomic mass is 19.1. The predicted molar refractivity (Wildman–Crippen MR) is 113 cm³/mol. The Hall–Kier alpha value is -2.08. The standard InChI is InChI=1S/C23H32FN3O2/c1-6-9-23(21(28)29)11-18(22(4,5)24)13-27(14-23)12-17-7-8-19-20(10-17)26-16(3)15(2)25-19/h7-8,10,18H,6,9,11-14H2,1-5H3,(H,28,29)/t18-,23-/m1/s1. The van der Waals surface area contributed by atoms with Gasteiger partial charge >= 0.3 is 5.97 Å². The summed E-state index contributed by atoms with van der Waals surface area (Å²) in [6.45, 7) is 10.6. The molecule has 1 fully saturated rings. The predicted octanol–water partition coefficient (Wildman–Crippen LogP) is 4.69. The van der Waals surface area contributed by atoms with Crippen LogP contribution in [0.25, 0.3) is 11.0 Å². The molecule has 0 amide bonds. The minimum Gasteiger partial charge on any atom is -0.481 e. The molecular formula is C23H32FN3O2. The number of piperidine rings is 1. The molecule has 158 valence electrons. The third-order valence-corrected chi connectivity index (χ3v) is 6.34. The quantitative estimate of drug-likeness (QED) is 0.761. The van der Waals surface area contributed by atoms with E-state index in [0.29, 0.717) is 32.5 Å². The van der Waals surface area contributed by atoms with Crippen molar-refractivity contribution in [1.82, 2.24) is 14.9 Å². The fraction of sp³-hybridized carbons (Fsp3) is 0.609. The van der Waals surface area contributed by atoms with Crippen molar-refractivity contribution in [3.05, 3.63) is 35.2 Å². The highest BCUT2D eigenvalue weighted by molar-refractivity contribution is 5.76. The summed E-state index contributed by atoms with van der Waals surface area (Å²) in [6.07, 6.45) is 1.72. The Bertz CT molecular complexity index is 909. The average Bonchev–Trinajstić information content (AvgIpc) is 2.62. The van der Waals surface area contributed by atoms with Crippen molar-refractivity contribution in [3.8, 4) is 0 Å². The maximum atomic E-state index is 14.9.